The Balaban J connectivity index is 1.51. The van der Waals surface area contributed by atoms with Gasteiger partial charge < -0.3 is 20.1 Å². The van der Waals surface area contributed by atoms with Crippen LogP contribution in [0.15, 0.2) is 28.8 Å². The normalized spacial score (nSPS) is 15.9. The first kappa shape index (κ1) is 23.9. The molecule has 1 fully saturated rings. The van der Waals surface area contributed by atoms with Crippen molar-refractivity contribution < 1.29 is 14.1 Å². The molecule has 2 aromatic rings. The number of hydrogen-bond donors (Lipinski definition) is 2. The summed E-state index contributed by atoms with van der Waals surface area (Å²) < 4.78 is 5.43. The van der Waals surface area contributed by atoms with Gasteiger partial charge in [0.25, 0.3) is 0 Å². The van der Waals surface area contributed by atoms with Gasteiger partial charge in [-0.05, 0) is 38.1 Å². The first-order valence-electron chi connectivity index (χ1n) is 11.5. The van der Waals surface area contributed by atoms with Crippen LogP contribution in [0.1, 0.15) is 74.7 Å². The summed E-state index contributed by atoms with van der Waals surface area (Å²) in [6, 6.07) is 8.25. The molecule has 1 heterocycles. The van der Waals surface area contributed by atoms with Crippen molar-refractivity contribution in [1.82, 2.24) is 25.7 Å². The summed E-state index contributed by atoms with van der Waals surface area (Å²) in [6.45, 7) is 2.90. The van der Waals surface area contributed by atoms with E-state index in [0.717, 1.165) is 50.6 Å². The molecule has 8 heteroatoms. The van der Waals surface area contributed by atoms with Gasteiger partial charge >= 0.3 is 0 Å². The molecule has 1 aliphatic carbocycles. The van der Waals surface area contributed by atoms with E-state index in [4.69, 9.17) is 4.52 Å². The zero-order chi connectivity index (χ0) is 23.0. The van der Waals surface area contributed by atoms with Crippen molar-refractivity contribution in [1.29, 1.82) is 0 Å². The van der Waals surface area contributed by atoms with Crippen LogP contribution in [0, 0.1) is 0 Å². The first-order chi connectivity index (χ1) is 15.4. The van der Waals surface area contributed by atoms with Crippen LogP contribution in [-0.4, -0.2) is 41.0 Å². The number of nitrogens with zero attached hydrogens (tertiary/aromatic N) is 3. The van der Waals surface area contributed by atoms with Crippen molar-refractivity contribution in [3.05, 3.63) is 47.1 Å². The summed E-state index contributed by atoms with van der Waals surface area (Å²) in [5.74, 6) is 0.806. The molecule has 2 N–H and O–H groups in total. The van der Waals surface area contributed by atoms with Gasteiger partial charge in [-0.2, -0.15) is 4.98 Å². The molecule has 2 amide bonds. The number of benzene rings is 1. The minimum atomic E-state index is -0.564. The molecule has 1 saturated carbocycles. The van der Waals surface area contributed by atoms with Crippen LogP contribution in [0.4, 0.5) is 0 Å². The number of aryl methyl sites for hydroxylation is 1. The third kappa shape index (κ3) is 6.88. The summed E-state index contributed by atoms with van der Waals surface area (Å²) in [7, 11) is 4.08. The van der Waals surface area contributed by atoms with Gasteiger partial charge in [0.1, 0.15) is 5.54 Å². The molecule has 1 aliphatic rings. The fraction of sp³-hybridized carbons (Fsp3) is 0.583. The van der Waals surface area contributed by atoms with Gasteiger partial charge in [-0.3, -0.25) is 9.59 Å². The summed E-state index contributed by atoms with van der Waals surface area (Å²) in [5, 5.41) is 10.2. The highest BCUT2D eigenvalue weighted by molar-refractivity contribution is 5.76. The van der Waals surface area contributed by atoms with E-state index in [-0.39, 0.29) is 18.2 Å². The molecule has 3 rings (SSSR count). The standard InChI is InChI=1S/C24H35N5O3/c1-18(30)27-24(14-6-4-5-7-15-24)23-26-22(32-28-23)13-12-21(31)25-16-19-8-10-20(11-9-19)17-29(2)3/h8-11H,4-7,12-17H2,1-3H3,(H,25,31)(H,27,30). The monoisotopic (exact) mass is 441 g/mol. The van der Waals surface area contributed by atoms with Crippen LogP contribution in [0.2, 0.25) is 0 Å². The van der Waals surface area contributed by atoms with E-state index in [1.165, 1.54) is 12.5 Å². The molecule has 1 aromatic heterocycles. The molecule has 0 aliphatic heterocycles. The predicted molar refractivity (Wildman–Crippen MR) is 121 cm³/mol. The van der Waals surface area contributed by atoms with Crippen molar-refractivity contribution in [3.8, 4) is 0 Å². The van der Waals surface area contributed by atoms with E-state index < -0.39 is 5.54 Å². The zero-order valence-corrected chi connectivity index (χ0v) is 19.4. The second kappa shape index (κ2) is 11.2. The quantitative estimate of drug-likeness (QED) is 0.580. The molecule has 0 bridgehead atoms. The van der Waals surface area contributed by atoms with Gasteiger partial charge in [-0.25, -0.2) is 0 Å². The Bertz CT molecular complexity index is 883. The van der Waals surface area contributed by atoms with Crippen LogP contribution >= 0.6 is 0 Å². The van der Waals surface area contributed by atoms with E-state index in [0.29, 0.717) is 24.7 Å². The second-order valence-corrected chi connectivity index (χ2v) is 9.02. The molecule has 0 atom stereocenters. The first-order valence-corrected chi connectivity index (χ1v) is 11.5. The third-order valence-corrected chi connectivity index (χ3v) is 5.85. The van der Waals surface area contributed by atoms with Gasteiger partial charge in [0.15, 0.2) is 5.82 Å². The van der Waals surface area contributed by atoms with Crippen molar-refractivity contribution in [2.45, 2.75) is 76.9 Å². The summed E-state index contributed by atoms with van der Waals surface area (Å²) in [4.78, 5) is 30.8. The number of rotatable bonds is 9. The molecular weight excluding hydrogens is 406 g/mol. The fourth-order valence-electron chi connectivity index (χ4n) is 4.26. The lowest BCUT2D eigenvalue weighted by Gasteiger charge is -2.30. The number of nitrogens with one attached hydrogen (secondary N) is 2. The maximum absolute atomic E-state index is 12.3. The molecular formula is C24H35N5O3. The molecule has 0 saturated heterocycles. The molecule has 1 aromatic carbocycles. The number of carbonyl (C=O) groups excluding carboxylic acids is 2. The molecule has 8 nitrogen and oxygen atoms in total. The second-order valence-electron chi connectivity index (χ2n) is 9.02. The van der Waals surface area contributed by atoms with E-state index in [1.807, 2.05) is 26.2 Å². The summed E-state index contributed by atoms with van der Waals surface area (Å²) in [6.07, 6.45) is 6.57. The molecule has 0 radical (unpaired) electrons. The van der Waals surface area contributed by atoms with Crippen LogP contribution in [-0.2, 0) is 34.6 Å². The van der Waals surface area contributed by atoms with E-state index >= 15 is 0 Å². The Hall–Kier alpha value is -2.74. The smallest absolute Gasteiger partial charge is 0.227 e. The average molecular weight is 442 g/mol. The number of hydrogen-bond acceptors (Lipinski definition) is 6. The third-order valence-electron chi connectivity index (χ3n) is 5.85. The Labute approximate surface area is 190 Å². The molecule has 32 heavy (non-hydrogen) atoms. The topological polar surface area (TPSA) is 100 Å². The average Bonchev–Trinajstić information content (AvgIpc) is 3.11. The van der Waals surface area contributed by atoms with E-state index in [9.17, 15) is 9.59 Å². The van der Waals surface area contributed by atoms with Gasteiger partial charge in [0.2, 0.25) is 17.7 Å². The lowest BCUT2D eigenvalue weighted by atomic mass is 9.89. The zero-order valence-electron chi connectivity index (χ0n) is 19.4. The van der Waals surface area contributed by atoms with Crippen LogP contribution in [0.25, 0.3) is 0 Å². The number of carbonyl (C=O) groups is 2. The minimum absolute atomic E-state index is 0.0619. The van der Waals surface area contributed by atoms with Crippen molar-refractivity contribution in [3.63, 3.8) is 0 Å². The minimum Gasteiger partial charge on any atom is -0.352 e. The Kier molecular flexibility index (Phi) is 8.39. The van der Waals surface area contributed by atoms with Crippen molar-refractivity contribution in [2.24, 2.45) is 0 Å². The lowest BCUT2D eigenvalue weighted by Crippen LogP contribution is -2.45. The van der Waals surface area contributed by atoms with Gasteiger partial charge in [0.05, 0.1) is 0 Å². The molecule has 0 unspecified atom stereocenters. The largest absolute Gasteiger partial charge is 0.352 e. The Morgan fingerprint density at radius 2 is 1.72 bits per heavy atom. The van der Waals surface area contributed by atoms with Crippen molar-refractivity contribution in [2.75, 3.05) is 14.1 Å². The highest BCUT2D eigenvalue weighted by atomic mass is 16.5. The van der Waals surface area contributed by atoms with Gasteiger partial charge in [-0.15, -0.1) is 0 Å². The van der Waals surface area contributed by atoms with E-state index in [2.05, 4.69) is 37.8 Å². The fourth-order valence-corrected chi connectivity index (χ4v) is 4.26. The van der Waals surface area contributed by atoms with Crippen LogP contribution < -0.4 is 10.6 Å². The van der Waals surface area contributed by atoms with Gasteiger partial charge in [0, 0.05) is 32.9 Å². The Morgan fingerprint density at radius 3 is 2.34 bits per heavy atom. The van der Waals surface area contributed by atoms with Crippen LogP contribution in [0.3, 0.4) is 0 Å². The molecule has 0 spiro atoms. The Morgan fingerprint density at radius 1 is 1.06 bits per heavy atom. The van der Waals surface area contributed by atoms with E-state index in [1.54, 1.807) is 0 Å². The number of aromatic nitrogens is 2. The number of amides is 2. The summed E-state index contributed by atoms with van der Waals surface area (Å²) in [5.41, 5.74) is 1.74. The van der Waals surface area contributed by atoms with Crippen LogP contribution in [0.5, 0.6) is 0 Å². The lowest BCUT2D eigenvalue weighted by molar-refractivity contribution is -0.122. The maximum atomic E-state index is 12.3. The highest BCUT2D eigenvalue weighted by Crippen LogP contribution is 2.34. The summed E-state index contributed by atoms with van der Waals surface area (Å²) >= 11 is 0. The predicted octanol–water partition coefficient (Wildman–Crippen LogP) is 3.07. The molecule has 174 valence electrons. The highest BCUT2D eigenvalue weighted by Gasteiger charge is 2.38. The maximum Gasteiger partial charge on any atom is 0.227 e. The van der Waals surface area contributed by atoms with Crippen molar-refractivity contribution >= 4 is 11.8 Å². The van der Waals surface area contributed by atoms with Gasteiger partial charge in [-0.1, -0.05) is 55.1 Å². The SMILES string of the molecule is CC(=O)NC1(c2noc(CCC(=O)NCc3ccc(CN(C)C)cc3)n2)CCCCCC1.